The first-order valence-electron chi connectivity index (χ1n) is 7.02. The third-order valence-corrected chi connectivity index (χ3v) is 2.98. The summed E-state index contributed by atoms with van der Waals surface area (Å²) in [5.41, 5.74) is 1.27. The van der Waals surface area contributed by atoms with Gasteiger partial charge in [0.1, 0.15) is 12.0 Å². The number of rotatable bonds is 10. The average Bonchev–Trinajstić information content (AvgIpc) is 2.40. The molecule has 1 rings (SSSR count). The molecule has 0 N–H and O–H groups in total. The third kappa shape index (κ3) is 6.43. The Morgan fingerprint density at radius 3 is 2.50 bits per heavy atom. The van der Waals surface area contributed by atoms with Gasteiger partial charge in [-0.3, -0.25) is 0 Å². The number of ether oxygens (including phenoxy) is 1. The molecule has 2 heteroatoms. The Morgan fingerprint density at radius 2 is 1.83 bits per heavy atom. The molecule has 0 aliphatic heterocycles. The van der Waals surface area contributed by atoms with Crippen molar-refractivity contribution in [1.29, 1.82) is 0 Å². The smallest absolute Gasteiger partial charge is 0.120 e. The Hall–Kier alpha value is -1.31. The van der Waals surface area contributed by atoms with Gasteiger partial charge in [-0.25, -0.2) is 0 Å². The van der Waals surface area contributed by atoms with Crippen molar-refractivity contribution in [3.8, 4) is 5.75 Å². The van der Waals surface area contributed by atoms with Gasteiger partial charge in [0.05, 0.1) is 6.61 Å². The second kappa shape index (κ2) is 9.69. The quantitative estimate of drug-likeness (QED) is 0.459. The molecule has 0 heterocycles. The standard InChI is InChI=1S/C16H24O2/c1-2-3-4-7-14-18-16-11-9-15(10-12-16)8-5-6-13-17/h9-13H,2-8,14H2,1H3. The van der Waals surface area contributed by atoms with Crippen molar-refractivity contribution in [2.75, 3.05) is 6.61 Å². The number of aldehydes is 1. The molecule has 0 radical (unpaired) electrons. The van der Waals surface area contributed by atoms with Gasteiger partial charge in [-0.1, -0.05) is 38.3 Å². The lowest BCUT2D eigenvalue weighted by Crippen LogP contribution is -1.97. The van der Waals surface area contributed by atoms with Gasteiger partial charge in [0, 0.05) is 6.42 Å². The predicted molar refractivity (Wildman–Crippen MR) is 75.1 cm³/mol. The SMILES string of the molecule is CCCCCCOc1ccc(CCCC=O)cc1. The molecule has 0 saturated carbocycles. The van der Waals surface area contributed by atoms with Crippen LogP contribution >= 0.6 is 0 Å². The van der Waals surface area contributed by atoms with Gasteiger partial charge < -0.3 is 9.53 Å². The summed E-state index contributed by atoms with van der Waals surface area (Å²) in [5.74, 6) is 0.950. The molecule has 0 aliphatic carbocycles. The first-order valence-corrected chi connectivity index (χ1v) is 7.02. The monoisotopic (exact) mass is 248 g/mol. The first kappa shape index (κ1) is 14.7. The number of benzene rings is 1. The molecule has 0 aromatic heterocycles. The summed E-state index contributed by atoms with van der Waals surface area (Å²) >= 11 is 0. The molecule has 0 spiro atoms. The summed E-state index contributed by atoms with van der Waals surface area (Å²) in [4.78, 5) is 10.2. The van der Waals surface area contributed by atoms with Crippen LogP contribution in [0.2, 0.25) is 0 Å². The zero-order valence-electron chi connectivity index (χ0n) is 11.4. The van der Waals surface area contributed by atoms with Crippen LogP contribution in [0.5, 0.6) is 5.75 Å². The molecule has 18 heavy (non-hydrogen) atoms. The Morgan fingerprint density at radius 1 is 1.06 bits per heavy atom. The molecule has 0 aliphatic rings. The van der Waals surface area contributed by atoms with Gasteiger partial charge in [0.25, 0.3) is 0 Å². The maximum atomic E-state index is 10.2. The van der Waals surface area contributed by atoms with E-state index in [1.54, 1.807) is 0 Å². The molecule has 0 atom stereocenters. The van der Waals surface area contributed by atoms with Crippen molar-refractivity contribution < 1.29 is 9.53 Å². The van der Waals surface area contributed by atoms with Gasteiger partial charge in [-0.15, -0.1) is 0 Å². The Balaban J connectivity index is 2.20. The number of carbonyl (C=O) groups is 1. The zero-order valence-corrected chi connectivity index (χ0v) is 11.4. The molecule has 0 amide bonds. The van der Waals surface area contributed by atoms with Crippen LogP contribution in [0.15, 0.2) is 24.3 Å². The van der Waals surface area contributed by atoms with Crippen molar-refractivity contribution in [2.24, 2.45) is 0 Å². The summed E-state index contributed by atoms with van der Waals surface area (Å²) in [7, 11) is 0. The summed E-state index contributed by atoms with van der Waals surface area (Å²) in [6, 6.07) is 8.23. The van der Waals surface area contributed by atoms with Crippen LogP contribution in [0, 0.1) is 0 Å². The number of unbranched alkanes of at least 4 members (excludes halogenated alkanes) is 4. The predicted octanol–water partition coefficient (Wildman–Crippen LogP) is 4.17. The van der Waals surface area contributed by atoms with Gasteiger partial charge in [-0.2, -0.15) is 0 Å². The van der Waals surface area contributed by atoms with Crippen LogP contribution in [-0.2, 0) is 11.2 Å². The highest BCUT2D eigenvalue weighted by molar-refractivity contribution is 5.49. The highest BCUT2D eigenvalue weighted by Crippen LogP contribution is 2.14. The Bertz CT molecular complexity index is 316. The van der Waals surface area contributed by atoms with E-state index in [4.69, 9.17) is 4.74 Å². The summed E-state index contributed by atoms with van der Waals surface area (Å²) < 4.78 is 5.68. The maximum Gasteiger partial charge on any atom is 0.120 e. The molecular weight excluding hydrogens is 224 g/mol. The van der Waals surface area contributed by atoms with E-state index in [2.05, 4.69) is 19.1 Å². The molecule has 0 fully saturated rings. The van der Waals surface area contributed by atoms with E-state index in [1.165, 1.54) is 24.8 Å². The average molecular weight is 248 g/mol. The lowest BCUT2D eigenvalue weighted by molar-refractivity contribution is -0.107. The van der Waals surface area contributed by atoms with E-state index < -0.39 is 0 Å². The molecule has 0 bridgehead atoms. The van der Waals surface area contributed by atoms with E-state index in [0.717, 1.165) is 37.9 Å². The lowest BCUT2D eigenvalue weighted by Gasteiger charge is -2.06. The van der Waals surface area contributed by atoms with Gasteiger partial charge in [0.15, 0.2) is 0 Å². The normalized spacial score (nSPS) is 10.3. The van der Waals surface area contributed by atoms with Crippen molar-refractivity contribution in [1.82, 2.24) is 0 Å². The number of aryl methyl sites for hydroxylation is 1. The van der Waals surface area contributed by atoms with Crippen LogP contribution in [0.25, 0.3) is 0 Å². The summed E-state index contributed by atoms with van der Waals surface area (Å²) in [6.07, 6.45) is 8.46. The van der Waals surface area contributed by atoms with E-state index in [1.807, 2.05) is 12.1 Å². The van der Waals surface area contributed by atoms with Crippen LogP contribution in [0.4, 0.5) is 0 Å². The number of hydrogen-bond donors (Lipinski definition) is 0. The van der Waals surface area contributed by atoms with Crippen molar-refractivity contribution in [2.45, 2.75) is 51.9 Å². The van der Waals surface area contributed by atoms with Crippen molar-refractivity contribution >= 4 is 6.29 Å². The molecule has 1 aromatic rings. The fourth-order valence-electron chi connectivity index (χ4n) is 1.86. The van der Waals surface area contributed by atoms with E-state index >= 15 is 0 Å². The van der Waals surface area contributed by atoms with Gasteiger partial charge in [-0.05, 0) is 37.0 Å². The Kier molecular flexibility index (Phi) is 7.94. The number of carbonyl (C=O) groups excluding carboxylic acids is 1. The zero-order chi connectivity index (χ0) is 13.1. The van der Waals surface area contributed by atoms with E-state index in [9.17, 15) is 4.79 Å². The summed E-state index contributed by atoms with van der Waals surface area (Å²) in [6.45, 7) is 3.02. The molecule has 0 unspecified atom stereocenters. The minimum Gasteiger partial charge on any atom is -0.494 e. The fraction of sp³-hybridized carbons (Fsp3) is 0.562. The minimum atomic E-state index is 0.648. The molecule has 100 valence electrons. The van der Waals surface area contributed by atoms with Crippen LogP contribution in [0.1, 0.15) is 51.0 Å². The fourth-order valence-corrected chi connectivity index (χ4v) is 1.86. The second-order valence-electron chi connectivity index (χ2n) is 4.61. The van der Waals surface area contributed by atoms with Crippen molar-refractivity contribution in [3.63, 3.8) is 0 Å². The lowest BCUT2D eigenvalue weighted by atomic mass is 10.1. The van der Waals surface area contributed by atoms with E-state index in [-0.39, 0.29) is 0 Å². The highest BCUT2D eigenvalue weighted by Gasteiger charge is 1.96. The number of hydrogen-bond acceptors (Lipinski definition) is 2. The van der Waals surface area contributed by atoms with Crippen LogP contribution in [-0.4, -0.2) is 12.9 Å². The summed E-state index contributed by atoms with van der Waals surface area (Å²) in [5, 5.41) is 0. The maximum absolute atomic E-state index is 10.2. The third-order valence-electron chi connectivity index (χ3n) is 2.98. The molecule has 2 nitrogen and oxygen atoms in total. The van der Waals surface area contributed by atoms with Gasteiger partial charge in [0.2, 0.25) is 0 Å². The topological polar surface area (TPSA) is 26.3 Å². The molecular formula is C16H24O2. The first-order chi connectivity index (χ1) is 8.86. The largest absolute Gasteiger partial charge is 0.494 e. The van der Waals surface area contributed by atoms with Gasteiger partial charge >= 0.3 is 0 Å². The van der Waals surface area contributed by atoms with Crippen LogP contribution in [0.3, 0.4) is 0 Å². The second-order valence-corrected chi connectivity index (χ2v) is 4.61. The molecule has 0 saturated heterocycles. The highest BCUT2D eigenvalue weighted by atomic mass is 16.5. The Labute approximate surface area is 110 Å². The molecule has 1 aromatic carbocycles. The van der Waals surface area contributed by atoms with E-state index in [0.29, 0.717) is 6.42 Å². The van der Waals surface area contributed by atoms with Crippen LogP contribution < -0.4 is 4.74 Å². The minimum absolute atomic E-state index is 0.648. The van der Waals surface area contributed by atoms with Crippen molar-refractivity contribution in [3.05, 3.63) is 29.8 Å².